The molecule has 6 heteroatoms. The van der Waals surface area contributed by atoms with Crippen LogP contribution >= 0.6 is 0 Å². The van der Waals surface area contributed by atoms with Gasteiger partial charge in [0.2, 0.25) is 0 Å². The molecule has 3 rings (SSSR count). The highest BCUT2D eigenvalue weighted by atomic mass is 32.2. The van der Waals surface area contributed by atoms with Gasteiger partial charge in [-0.3, -0.25) is 4.79 Å². The molecular formula is C18H16FNO3S. The first kappa shape index (κ1) is 16.4. The number of carbonyl (C=O) groups excluding carboxylic acids is 1. The summed E-state index contributed by atoms with van der Waals surface area (Å²) in [5, 5.41) is 1.12. The molecule has 0 spiro atoms. The van der Waals surface area contributed by atoms with Gasteiger partial charge in [-0.2, -0.15) is 0 Å². The van der Waals surface area contributed by atoms with Gasteiger partial charge < -0.3 is 4.90 Å². The normalized spacial score (nSPS) is 18.5. The number of halogens is 1. The van der Waals surface area contributed by atoms with E-state index in [9.17, 15) is 17.6 Å². The lowest BCUT2D eigenvalue weighted by atomic mass is 10.1. The Hall–Kier alpha value is -2.47. The summed E-state index contributed by atoms with van der Waals surface area (Å²) in [5.74, 6) is -0.912. The first-order chi connectivity index (χ1) is 11.4. The van der Waals surface area contributed by atoms with Crippen molar-refractivity contribution in [3.8, 4) is 0 Å². The van der Waals surface area contributed by atoms with E-state index in [0.717, 1.165) is 11.0 Å². The monoisotopic (exact) mass is 345 g/mol. The van der Waals surface area contributed by atoms with Crippen LogP contribution < -0.4 is 4.90 Å². The molecule has 2 aromatic rings. The van der Waals surface area contributed by atoms with Crippen molar-refractivity contribution >= 4 is 21.4 Å². The van der Waals surface area contributed by atoms with Crippen LogP contribution in [-0.4, -0.2) is 26.1 Å². The summed E-state index contributed by atoms with van der Waals surface area (Å²) in [7, 11) is -3.33. The number of amides is 1. The van der Waals surface area contributed by atoms with Gasteiger partial charge in [0, 0.05) is 16.7 Å². The van der Waals surface area contributed by atoms with Crippen molar-refractivity contribution in [1.29, 1.82) is 0 Å². The van der Waals surface area contributed by atoms with Crippen molar-refractivity contribution in [2.45, 2.75) is 13.0 Å². The molecule has 0 saturated heterocycles. The van der Waals surface area contributed by atoms with Gasteiger partial charge in [0.05, 0.1) is 11.8 Å². The molecule has 0 bridgehead atoms. The Bertz CT molecular complexity index is 904. The smallest absolute Gasteiger partial charge is 0.259 e. The maximum Gasteiger partial charge on any atom is 0.259 e. The van der Waals surface area contributed by atoms with E-state index in [0.29, 0.717) is 11.3 Å². The van der Waals surface area contributed by atoms with E-state index < -0.39 is 21.7 Å². The molecule has 1 atom stereocenters. The minimum atomic E-state index is -3.33. The zero-order chi connectivity index (χ0) is 17.3. The number of hydrogen-bond donors (Lipinski definition) is 0. The van der Waals surface area contributed by atoms with Crippen molar-refractivity contribution in [3.05, 3.63) is 77.0 Å². The molecule has 1 aliphatic rings. The van der Waals surface area contributed by atoms with Crippen LogP contribution in [0.4, 0.5) is 10.1 Å². The third kappa shape index (κ3) is 3.23. The molecule has 0 aromatic heterocycles. The van der Waals surface area contributed by atoms with Gasteiger partial charge in [-0.15, -0.1) is 0 Å². The van der Waals surface area contributed by atoms with Crippen LogP contribution in [0.3, 0.4) is 0 Å². The average molecular weight is 345 g/mol. The van der Waals surface area contributed by atoms with Gasteiger partial charge in [-0.1, -0.05) is 18.2 Å². The van der Waals surface area contributed by atoms with Gasteiger partial charge in [0.25, 0.3) is 5.91 Å². The molecule has 1 heterocycles. The summed E-state index contributed by atoms with van der Waals surface area (Å²) < 4.78 is 36.8. The van der Waals surface area contributed by atoms with E-state index in [1.54, 1.807) is 12.1 Å². The first-order valence-corrected chi connectivity index (χ1v) is 9.15. The molecule has 4 nitrogen and oxygen atoms in total. The maximum absolute atomic E-state index is 13.2. The zero-order valence-electron chi connectivity index (χ0n) is 13.0. The predicted molar refractivity (Wildman–Crippen MR) is 91.1 cm³/mol. The Balaban J connectivity index is 2.05. The number of carbonyl (C=O) groups is 1. The lowest BCUT2D eigenvalue weighted by Crippen LogP contribution is -2.41. The summed E-state index contributed by atoms with van der Waals surface area (Å²) >= 11 is 0. The lowest BCUT2D eigenvalue weighted by Gasteiger charge is -2.28. The fourth-order valence-corrected chi connectivity index (χ4v) is 3.99. The van der Waals surface area contributed by atoms with Crippen molar-refractivity contribution in [3.63, 3.8) is 0 Å². The Morgan fingerprint density at radius 3 is 2.38 bits per heavy atom. The molecule has 24 heavy (non-hydrogen) atoms. The maximum atomic E-state index is 13.2. The second-order valence-electron chi connectivity index (χ2n) is 5.69. The molecule has 1 amide bonds. The number of benzene rings is 2. The lowest BCUT2D eigenvalue weighted by molar-refractivity contribution is 0.0982. The van der Waals surface area contributed by atoms with Crippen molar-refractivity contribution in [2.75, 3.05) is 10.7 Å². The zero-order valence-corrected chi connectivity index (χ0v) is 13.8. The third-order valence-electron chi connectivity index (χ3n) is 3.94. The highest BCUT2D eigenvalue weighted by Gasteiger charge is 2.32. The summed E-state index contributed by atoms with van der Waals surface area (Å²) in [4.78, 5) is 14.5. The third-order valence-corrected chi connectivity index (χ3v) is 5.32. The van der Waals surface area contributed by atoms with Crippen LogP contribution in [0.25, 0.3) is 0 Å². The summed E-state index contributed by atoms with van der Waals surface area (Å²) in [6, 6.07) is 11.9. The van der Waals surface area contributed by atoms with Gasteiger partial charge in [0.15, 0.2) is 9.84 Å². The molecule has 2 aromatic carbocycles. The number of aryl methyl sites for hydroxylation is 1. The second kappa shape index (κ2) is 6.20. The van der Waals surface area contributed by atoms with Crippen LogP contribution in [0.2, 0.25) is 0 Å². The van der Waals surface area contributed by atoms with E-state index in [1.807, 2.05) is 19.1 Å². The standard InChI is InChI=1S/C18H16FNO3S/c1-13-4-2-3-5-17(13)18(21)20(15-8-6-14(19)7-9-15)16-10-11-24(22,23)12-16/h2-11,16H,12H2,1H3/t16-/m1/s1. The molecular weight excluding hydrogens is 329 g/mol. The van der Waals surface area contributed by atoms with Crippen LogP contribution in [-0.2, 0) is 9.84 Å². The van der Waals surface area contributed by atoms with E-state index in [4.69, 9.17) is 0 Å². The molecule has 0 saturated carbocycles. The van der Waals surface area contributed by atoms with Crippen LogP contribution in [0.15, 0.2) is 60.0 Å². The second-order valence-corrected chi connectivity index (χ2v) is 7.62. The molecule has 0 fully saturated rings. The Morgan fingerprint density at radius 1 is 1.12 bits per heavy atom. The minimum absolute atomic E-state index is 0.179. The van der Waals surface area contributed by atoms with E-state index >= 15 is 0 Å². The highest BCUT2D eigenvalue weighted by Crippen LogP contribution is 2.26. The van der Waals surface area contributed by atoms with Crippen molar-refractivity contribution in [2.24, 2.45) is 0 Å². The van der Waals surface area contributed by atoms with Crippen molar-refractivity contribution in [1.82, 2.24) is 0 Å². The molecule has 0 unspecified atom stereocenters. The molecule has 124 valence electrons. The van der Waals surface area contributed by atoms with Crippen molar-refractivity contribution < 1.29 is 17.6 Å². The fourth-order valence-electron chi connectivity index (χ4n) is 2.72. The average Bonchev–Trinajstić information content (AvgIpc) is 2.89. The van der Waals surface area contributed by atoms with Gasteiger partial charge >= 0.3 is 0 Å². The van der Waals surface area contributed by atoms with Gasteiger partial charge in [0.1, 0.15) is 5.82 Å². The fraction of sp³-hybridized carbons (Fsp3) is 0.167. The number of sulfone groups is 1. The number of hydrogen-bond acceptors (Lipinski definition) is 3. The quantitative estimate of drug-likeness (QED) is 0.859. The molecule has 0 N–H and O–H groups in total. The van der Waals surface area contributed by atoms with Crippen LogP contribution in [0, 0.1) is 12.7 Å². The highest BCUT2D eigenvalue weighted by molar-refractivity contribution is 7.94. The topological polar surface area (TPSA) is 54.5 Å². The van der Waals surface area contributed by atoms with E-state index in [1.165, 1.54) is 35.2 Å². The van der Waals surface area contributed by atoms with E-state index in [2.05, 4.69) is 0 Å². The first-order valence-electron chi connectivity index (χ1n) is 7.43. The van der Waals surface area contributed by atoms with E-state index in [-0.39, 0.29) is 11.7 Å². The predicted octanol–water partition coefficient (Wildman–Crippen LogP) is 3.09. The summed E-state index contributed by atoms with van der Waals surface area (Å²) in [6.07, 6.45) is 1.49. The van der Waals surface area contributed by atoms with Crippen LogP contribution in [0.5, 0.6) is 0 Å². The molecule has 0 radical (unpaired) electrons. The Morgan fingerprint density at radius 2 is 1.79 bits per heavy atom. The van der Waals surface area contributed by atoms with Gasteiger partial charge in [-0.05, 0) is 48.9 Å². The largest absolute Gasteiger partial charge is 0.300 e. The number of rotatable bonds is 3. The summed E-state index contributed by atoms with van der Waals surface area (Å²) in [6.45, 7) is 1.82. The number of anilines is 1. The molecule has 1 aliphatic heterocycles. The Labute approximate surface area is 140 Å². The van der Waals surface area contributed by atoms with Gasteiger partial charge in [-0.25, -0.2) is 12.8 Å². The summed E-state index contributed by atoms with van der Waals surface area (Å²) in [5.41, 5.74) is 1.73. The van der Waals surface area contributed by atoms with Crippen LogP contribution in [0.1, 0.15) is 15.9 Å². The SMILES string of the molecule is Cc1ccccc1C(=O)N(c1ccc(F)cc1)[C@@H]1C=CS(=O)(=O)C1. The number of nitrogens with zero attached hydrogens (tertiary/aromatic N) is 1. The molecule has 0 aliphatic carbocycles. The minimum Gasteiger partial charge on any atom is -0.300 e. The Kier molecular flexibility index (Phi) is 4.24.